The third-order valence-corrected chi connectivity index (χ3v) is 5.24. The average molecular weight is 455 g/mol. The van der Waals surface area contributed by atoms with Crippen LogP contribution in [0.25, 0.3) is 6.08 Å². The molecule has 2 aromatic carbocycles. The van der Waals surface area contributed by atoms with E-state index in [4.69, 9.17) is 26.2 Å². The zero-order valence-electron chi connectivity index (χ0n) is 15.8. The summed E-state index contributed by atoms with van der Waals surface area (Å²) in [5, 5.41) is 11.2. The van der Waals surface area contributed by atoms with Crippen molar-refractivity contribution in [3.63, 3.8) is 0 Å². The minimum absolute atomic E-state index is 0.0634. The first-order valence-corrected chi connectivity index (χ1v) is 10.3. The van der Waals surface area contributed by atoms with Crippen molar-refractivity contribution in [2.45, 2.75) is 4.90 Å². The van der Waals surface area contributed by atoms with Gasteiger partial charge in [-0.3, -0.25) is 4.79 Å². The molecule has 0 saturated carbocycles. The van der Waals surface area contributed by atoms with E-state index in [0.717, 1.165) is 0 Å². The zero-order valence-corrected chi connectivity index (χ0v) is 17.4. The number of ether oxygens (including phenoxy) is 2. The summed E-state index contributed by atoms with van der Waals surface area (Å²) in [6, 6.07) is 11.7. The van der Waals surface area contributed by atoms with Gasteiger partial charge in [0.05, 0.1) is 11.4 Å². The molecular formula is C19H19ClN2O7S. The number of hydrogen-bond donors (Lipinski definition) is 3. The highest BCUT2D eigenvalue weighted by molar-refractivity contribution is 7.90. The normalized spacial score (nSPS) is 11.6. The number of benzene rings is 2. The summed E-state index contributed by atoms with van der Waals surface area (Å²) in [6.07, 6.45) is 0.000485. The highest BCUT2D eigenvalue weighted by Crippen LogP contribution is 2.16. The second-order valence-corrected chi connectivity index (χ2v) is 7.96. The third-order valence-electron chi connectivity index (χ3n) is 3.64. The van der Waals surface area contributed by atoms with Crippen molar-refractivity contribution < 1.29 is 32.6 Å². The molecule has 2 amide bonds. The summed E-state index contributed by atoms with van der Waals surface area (Å²) >= 11 is 5.75. The summed E-state index contributed by atoms with van der Waals surface area (Å²) < 4.78 is 36.8. The van der Waals surface area contributed by atoms with Gasteiger partial charge in [-0.05, 0) is 48.0 Å². The van der Waals surface area contributed by atoms with Crippen LogP contribution in [0.5, 0.6) is 5.75 Å². The van der Waals surface area contributed by atoms with Crippen LogP contribution in [-0.4, -0.2) is 46.0 Å². The van der Waals surface area contributed by atoms with E-state index in [9.17, 15) is 18.0 Å². The number of halogens is 1. The minimum Gasteiger partial charge on any atom is -0.468 e. The molecule has 0 saturated heterocycles. The predicted octanol–water partition coefficient (Wildman–Crippen LogP) is 2.48. The Morgan fingerprint density at radius 3 is 2.30 bits per heavy atom. The van der Waals surface area contributed by atoms with Gasteiger partial charge < -0.3 is 19.9 Å². The standard InChI is InChI=1S/C19H19ClN2O7S/c1-28-12-29-16-6-2-13(3-7-16)10-14(11-21-19(24)25)18(23)22-30(26,27)17-8-4-15(20)5-9-17/h2-10,21H,11-12H2,1H3,(H,22,23)(H,24,25). The Bertz CT molecular complexity index is 1020. The van der Waals surface area contributed by atoms with Gasteiger partial charge in [-0.15, -0.1) is 0 Å². The number of amides is 2. The van der Waals surface area contributed by atoms with Crippen LogP contribution in [-0.2, 0) is 19.6 Å². The summed E-state index contributed by atoms with van der Waals surface area (Å²) in [5.74, 6) is -0.451. The number of nitrogens with one attached hydrogen (secondary N) is 2. The van der Waals surface area contributed by atoms with Crippen LogP contribution in [0.2, 0.25) is 5.02 Å². The molecule has 30 heavy (non-hydrogen) atoms. The molecule has 0 bridgehead atoms. The molecule has 2 aromatic rings. The first kappa shape index (κ1) is 23.2. The van der Waals surface area contributed by atoms with Crippen LogP contribution in [0.3, 0.4) is 0 Å². The van der Waals surface area contributed by atoms with Crippen molar-refractivity contribution in [3.05, 3.63) is 64.7 Å². The Kier molecular flexibility index (Phi) is 8.22. The maximum Gasteiger partial charge on any atom is 0.404 e. The lowest BCUT2D eigenvalue weighted by Crippen LogP contribution is -2.35. The maximum absolute atomic E-state index is 12.6. The monoisotopic (exact) mass is 454 g/mol. The average Bonchev–Trinajstić information content (AvgIpc) is 2.70. The van der Waals surface area contributed by atoms with E-state index in [1.165, 1.54) is 37.5 Å². The molecule has 0 unspecified atom stereocenters. The molecule has 0 radical (unpaired) electrons. The Morgan fingerprint density at radius 1 is 1.10 bits per heavy atom. The molecule has 2 rings (SSSR count). The predicted molar refractivity (Wildman–Crippen MR) is 110 cm³/mol. The van der Waals surface area contributed by atoms with Gasteiger partial charge in [0.1, 0.15) is 5.75 Å². The van der Waals surface area contributed by atoms with Gasteiger partial charge >= 0.3 is 6.09 Å². The molecule has 0 aliphatic carbocycles. The second-order valence-electron chi connectivity index (χ2n) is 5.84. The van der Waals surface area contributed by atoms with Crippen LogP contribution in [0, 0.1) is 0 Å². The fourth-order valence-corrected chi connectivity index (χ4v) is 3.33. The number of sulfonamides is 1. The molecule has 11 heteroatoms. The van der Waals surface area contributed by atoms with Gasteiger partial charge in [0.2, 0.25) is 0 Å². The zero-order chi connectivity index (χ0) is 22.1. The second kappa shape index (κ2) is 10.6. The van der Waals surface area contributed by atoms with Crippen LogP contribution in [0.4, 0.5) is 4.79 Å². The molecule has 0 fully saturated rings. The Hall–Kier alpha value is -3.08. The van der Waals surface area contributed by atoms with Crippen molar-refractivity contribution in [2.75, 3.05) is 20.4 Å². The van der Waals surface area contributed by atoms with Gasteiger partial charge in [0.25, 0.3) is 15.9 Å². The minimum atomic E-state index is -4.18. The lowest BCUT2D eigenvalue weighted by molar-refractivity contribution is -0.115. The lowest BCUT2D eigenvalue weighted by Gasteiger charge is -2.11. The van der Waals surface area contributed by atoms with Gasteiger partial charge in [-0.25, -0.2) is 17.9 Å². The molecule has 0 aromatic heterocycles. The summed E-state index contributed by atoms with van der Waals surface area (Å²) in [4.78, 5) is 23.2. The van der Waals surface area contributed by atoms with Gasteiger partial charge in [0, 0.05) is 17.7 Å². The van der Waals surface area contributed by atoms with E-state index in [0.29, 0.717) is 16.3 Å². The van der Waals surface area contributed by atoms with Crippen LogP contribution in [0.1, 0.15) is 5.56 Å². The molecule has 0 atom stereocenters. The molecule has 160 valence electrons. The SMILES string of the molecule is COCOc1ccc(C=C(CNC(=O)O)C(=O)NS(=O)(=O)c2ccc(Cl)cc2)cc1. The highest BCUT2D eigenvalue weighted by atomic mass is 35.5. The molecule has 9 nitrogen and oxygen atoms in total. The fraction of sp³-hybridized carbons (Fsp3) is 0.158. The third kappa shape index (κ3) is 7.07. The van der Waals surface area contributed by atoms with E-state index in [-0.39, 0.29) is 17.3 Å². The summed E-state index contributed by atoms with van der Waals surface area (Å²) in [5.41, 5.74) is 0.418. The number of rotatable bonds is 9. The molecule has 0 aliphatic rings. The van der Waals surface area contributed by atoms with Crippen molar-refractivity contribution >= 4 is 39.7 Å². The van der Waals surface area contributed by atoms with E-state index in [1.807, 2.05) is 4.72 Å². The number of methoxy groups -OCH3 is 1. The molecular weight excluding hydrogens is 436 g/mol. The van der Waals surface area contributed by atoms with Gasteiger partial charge in [-0.2, -0.15) is 0 Å². The molecule has 0 spiro atoms. The van der Waals surface area contributed by atoms with E-state index in [1.54, 1.807) is 24.3 Å². The van der Waals surface area contributed by atoms with Crippen molar-refractivity contribution in [1.29, 1.82) is 0 Å². The van der Waals surface area contributed by atoms with E-state index in [2.05, 4.69) is 5.32 Å². The first-order valence-electron chi connectivity index (χ1n) is 8.43. The summed E-state index contributed by atoms with van der Waals surface area (Å²) in [6.45, 7) is -0.340. The van der Waals surface area contributed by atoms with Gasteiger partial charge in [-0.1, -0.05) is 23.7 Å². The smallest absolute Gasteiger partial charge is 0.404 e. The molecule has 0 aliphatic heterocycles. The van der Waals surface area contributed by atoms with E-state index < -0.39 is 28.6 Å². The fourth-order valence-electron chi connectivity index (χ4n) is 2.22. The number of carbonyl (C=O) groups excluding carboxylic acids is 1. The molecule has 3 N–H and O–H groups in total. The number of carboxylic acid groups (broad SMARTS) is 1. The van der Waals surface area contributed by atoms with Crippen molar-refractivity contribution in [2.24, 2.45) is 0 Å². The molecule has 0 heterocycles. The largest absolute Gasteiger partial charge is 0.468 e. The Balaban J connectivity index is 2.24. The summed E-state index contributed by atoms with van der Waals surface area (Å²) in [7, 11) is -2.70. The first-order chi connectivity index (χ1) is 14.2. The number of hydrogen-bond acceptors (Lipinski definition) is 6. The van der Waals surface area contributed by atoms with Crippen LogP contribution in [0.15, 0.2) is 59.0 Å². The maximum atomic E-state index is 12.6. The van der Waals surface area contributed by atoms with Crippen LogP contribution >= 0.6 is 11.6 Å². The van der Waals surface area contributed by atoms with Crippen LogP contribution < -0.4 is 14.8 Å². The highest BCUT2D eigenvalue weighted by Gasteiger charge is 2.20. The van der Waals surface area contributed by atoms with Crippen molar-refractivity contribution in [1.82, 2.24) is 10.0 Å². The van der Waals surface area contributed by atoms with E-state index >= 15 is 0 Å². The quantitative estimate of drug-likeness (QED) is 0.391. The Morgan fingerprint density at radius 2 is 1.73 bits per heavy atom. The number of carbonyl (C=O) groups is 2. The van der Waals surface area contributed by atoms with Gasteiger partial charge in [0.15, 0.2) is 6.79 Å². The van der Waals surface area contributed by atoms with Crippen molar-refractivity contribution in [3.8, 4) is 5.75 Å². The lowest BCUT2D eigenvalue weighted by atomic mass is 10.1. The Labute approximate surface area is 178 Å². The topological polar surface area (TPSA) is 131 Å².